The van der Waals surface area contributed by atoms with Crippen LogP contribution in [-0.2, 0) is 0 Å². The Balaban J connectivity index is 2.20. The van der Waals surface area contributed by atoms with Crippen molar-refractivity contribution in [3.63, 3.8) is 0 Å². The average Bonchev–Trinajstić information content (AvgIpc) is 3.00. The Bertz CT molecular complexity index is 847. The van der Waals surface area contributed by atoms with E-state index < -0.39 is 5.82 Å². The van der Waals surface area contributed by atoms with Crippen molar-refractivity contribution < 1.29 is 13.9 Å². The lowest BCUT2D eigenvalue weighted by molar-refractivity contribution is 0.0967. The van der Waals surface area contributed by atoms with E-state index in [1.807, 2.05) is 26.0 Å². The molecule has 5 heteroatoms. The number of halogens is 1. The van der Waals surface area contributed by atoms with Gasteiger partial charge in [-0.25, -0.2) is 4.39 Å². The summed E-state index contributed by atoms with van der Waals surface area (Å²) in [5.74, 6) is -0.427. The van der Waals surface area contributed by atoms with Gasteiger partial charge in [0.1, 0.15) is 0 Å². The fourth-order valence-corrected chi connectivity index (χ4v) is 3.23. The van der Waals surface area contributed by atoms with E-state index in [9.17, 15) is 9.18 Å². The molecule has 0 bridgehead atoms. The predicted octanol–water partition coefficient (Wildman–Crippen LogP) is 4.16. The molecule has 0 spiro atoms. The molecule has 0 unspecified atom stereocenters. The SMILES string of the molecule is COc1cc2cc(C)n(C(=O)c3ccc(C)s3)c2cc1F. The fourth-order valence-electron chi connectivity index (χ4n) is 2.43. The summed E-state index contributed by atoms with van der Waals surface area (Å²) in [6.45, 7) is 3.79. The average molecular weight is 303 g/mol. The third-order valence-electron chi connectivity index (χ3n) is 3.41. The van der Waals surface area contributed by atoms with Gasteiger partial charge in [0, 0.05) is 22.0 Å². The molecule has 2 heterocycles. The molecule has 3 nitrogen and oxygen atoms in total. The molecule has 0 atom stereocenters. The van der Waals surface area contributed by atoms with Crippen LogP contribution in [-0.4, -0.2) is 17.6 Å². The number of ether oxygens (including phenoxy) is 1. The normalized spacial score (nSPS) is 11.0. The van der Waals surface area contributed by atoms with Gasteiger partial charge in [-0.15, -0.1) is 11.3 Å². The Morgan fingerprint density at radius 1 is 1.24 bits per heavy atom. The highest BCUT2D eigenvalue weighted by Gasteiger charge is 2.18. The lowest BCUT2D eigenvalue weighted by atomic mass is 10.2. The molecule has 21 heavy (non-hydrogen) atoms. The third-order valence-corrected chi connectivity index (χ3v) is 4.40. The highest BCUT2D eigenvalue weighted by atomic mass is 32.1. The number of carbonyl (C=O) groups is 1. The quantitative estimate of drug-likeness (QED) is 0.712. The molecular weight excluding hydrogens is 289 g/mol. The monoisotopic (exact) mass is 303 g/mol. The fraction of sp³-hybridized carbons (Fsp3) is 0.188. The van der Waals surface area contributed by atoms with Gasteiger partial charge in [0.2, 0.25) is 0 Å². The van der Waals surface area contributed by atoms with E-state index in [1.165, 1.54) is 24.5 Å². The van der Waals surface area contributed by atoms with Gasteiger partial charge in [0.15, 0.2) is 11.6 Å². The van der Waals surface area contributed by atoms with Crippen LogP contribution < -0.4 is 4.74 Å². The first-order chi connectivity index (χ1) is 10.0. The number of aromatic nitrogens is 1. The number of nitrogens with zero attached hydrogens (tertiary/aromatic N) is 1. The first kappa shape index (κ1) is 13.8. The molecule has 0 N–H and O–H groups in total. The van der Waals surface area contributed by atoms with Gasteiger partial charge >= 0.3 is 0 Å². The number of carbonyl (C=O) groups excluding carboxylic acids is 1. The lowest BCUT2D eigenvalue weighted by Gasteiger charge is -2.06. The Morgan fingerprint density at radius 2 is 2.00 bits per heavy atom. The zero-order chi connectivity index (χ0) is 15.1. The first-order valence-corrected chi connectivity index (χ1v) is 7.29. The van der Waals surface area contributed by atoms with Crippen LogP contribution in [0.5, 0.6) is 5.75 Å². The standard InChI is InChI=1S/C16H14FNO2S/c1-9-6-11-7-14(20-3)12(17)8-13(11)18(9)16(19)15-5-4-10(2)21-15/h4-8H,1-3H3. The molecule has 3 aromatic rings. The molecule has 0 aliphatic carbocycles. The second-order valence-corrected chi connectivity index (χ2v) is 6.17. The van der Waals surface area contributed by atoms with Crippen molar-refractivity contribution in [2.24, 2.45) is 0 Å². The number of benzene rings is 1. The Labute approximate surface area is 125 Å². The van der Waals surface area contributed by atoms with Crippen LogP contribution in [0.4, 0.5) is 4.39 Å². The molecule has 2 aromatic heterocycles. The Hall–Kier alpha value is -2.14. The second-order valence-electron chi connectivity index (χ2n) is 4.88. The van der Waals surface area contributed by atoms with Crippen molar-refractivity contribution in [2.45, 2.75) is 13.8 Å². The van der Waals surface area contributed by atoms with Gasteiger partial charge in [-0.3, -0.25) is 9.36 Å². The summed E-state index contributed by atoms with van der Waals surface area (Å²) in [5.41, 5.74) is 1.33. The summed E-state index contributed by atoms with van der Waals surface area (Å²) >= 11 is 1.43. The molecule has 1 aromatic carbocycles. The van der Waals surface area contributed by atoms with Crippen LogP contribution in [0, 0.1) is 19.7 Å². The molecule has 0 saturated heterocycles. The number of hydrogen-bond acceptors (Lipinski definition) is 3. The van der Waals surface area contributed by atoms with Crippen molar-refractivity contribution in [3.8, 4) is 5.75 Å². The van der Waals surface area contributed by atoms with Gasteiger partial charge in [0.25, 0.3) is 5.91 Å². The molecule has 108 valence electrons. The number of aryl methyl sites for hydroxylation is 2. The zero-order valence-electron chi connectivity index (χ0n) is 11.9. The van der Waals surface area contributed by atoms with Crippen LogP contribution in [0.15, 0.2) is 30.3 Å². The summed E-state index contributed by atoms with van der Waals surface area (Å²) in [6, 6.07) is 8.52. The van der Waals surface area contributed by atoms with Crippen LogP contribution in [0.3, 0.4) is 0 Å². The van der Waals surface area contributed by atoms with E-state index in [0.717, 1.165) is 16.0 Å². The maximum atomic E-state index is 13.9. The summed E-state index contributed by atoms with van der Waals surface area (Å²) < 4.78 is 20.5. The van der Waals surface area contributed by atoms with Crippen LogP contribution in [0.2, 0.25) is 0 Å². The topological polar surface area (TPSA) is 31.2 Å². The van der Waals surface area contributed by atoms with E-state index in [1.54, 1.807) is 16.7 Å². The number of hydrogen-bond donors (Lipinski definition) is 0. The van der Waals surface area contributed by atoms with Crippen LogP contribution >= 0.6 is 11.3 Å². The van der Waals surface area contributed by atoms with Crippen LogP contribution in [0.25, 0.3) is 10.9 Å². The molecule has 0 radical (unpaired) electrons. The number of fused-ring (bicyclic) bond motifs is 1. The van der Waals surface area contributed by atoms with E-state index in [2.05, 4.69) is 0 Å². The van der Waals surface area contributed by atoms with Gasteiger partial charge in [-0.1, -0.05) is 0 Å². The van der Waals surface area contributed by atoms with Crippen molar-refractivity contribution in [1.29, 1.82) is 0 Å². The number of thiophene rings is 1. The van der Waals surface area contributed by atoms with Crippen molar-refractivity contribution in [3.05, 3.63) is 51.6 Å². The van der Waals surface area contributed by atoms with E-state index in [4.69, 9.17) is 4.74 Å². The van der Waals surface area contributed by atoms with Crippen molar-refractivity contribution in [1.82, 2.24) is 4.57 Å². The van der Waals surface area contributed by atoms with Crippen molar-refractivity contribution in [2.75, 3.05) is 7.11 Å². The number of rotatable bonds is 2. The smallest absolute Gasteiger partial charge is 0.272 e. The molecule has 3 rings (SSSR count). The zero-order valence-corrected chi connectivity index (χ0v) is 12.8. The summed E-state index contributed by atoms with van der Waals surface area (Å²) in [4.78, 5) is 14.4. The van der Waals surface area contributed by atoms with E-state index >= 15 is 0 Å². The predicted molar refractivity (Wildman–Crippen MR) is 82.0 cm³/mol. The molecule has 0 aliphatic heterocycles. The summed E-state index contributed by atoms with van der Waals surface area (Å²) in [6.07, 6.45) is 0. The molecule has 0 amide bonds. The van der Waals surface area contributed by atoms with Gasteiger partial charge < -0.3 is 4.74 Å². The molecular formula is C16H14FNO2S. The lowest BCUT2D eigenvalue weighted by Crippen LogP contribution is -2.11. The highest BCUT2D eigenvalue weighted by molar-refractivity contribution is 7.14. The van der Waals surface area contributed by atoms with Crippen molar-refractivity contribution >= 4 is 28.1 Å². The molecule has 0 aliphatic rings. The van der Waals surface area contributed by atoms with E-state index in [0.29, 0.717) is 10.4 Å². The Kier molecular flexibility index (Phi) is 3.29. The van der Waals surface area contributed by atoms with Gasteiger partial charge in [-0.2, -0.15) is 0 Å². The van der Waals surface area contributed by atoms with Crippen LogP contribution in [0.1, 0.15) is 20.2 Å². The maximum Gasteiger partial charge on any atom is 0.272 e. The first-order valence-electron chi connectivity index (χ1n) is 6.48. The molecule has 0 fully saturated rings. The van der Waals surface area contributed by atoms with E-state index in [-0.39, 0.29) is 11.7 Å². The second kappa shape index (κ2) is 5.00. The van der Waals surface area contributed by atoms with Gasteiger partial charge in [-0.05, 0) is 38.1 Å². The van der Waals surface area contributed by atoms with Gasteiger partial charge in [0.05, 0.1) is 17.5 Å². The third kappa shape index (κ3) is 2.23. The minimum absolute atomic E-state index is 0.134. The molecule has 0 saturated carbocycles. The summed E-state index contributed by atoms with van der Waals surface area (Å²) in [5, 5.41) is 0.785. The largest absolute Gasteiger partial charge is 0.494 e. The maximum absolute atomic E-state index is 13.9. The number of methoxy groups -OCH3 is 1. The summed E-state index contributed by atoms with van der Waals surface area (Å²) in [7, 11) is 1.42. The minimum Gasteiger partial charge on any atom is -0.494 e. The Morgan fingerprint density at radius 3 is 2.62 bits per heavy atom. The minimum atomic E-state index is -0.473. The highest BCUT2D eigenvalue weighted by Crippen LogP contribution is 2.29.